The van der Waals surface area contributed by atoms with Crippen molar-refractivity contribution in [2.45, 2.75) is 52.8 Å². The molecule has 132 valence electrons. The molecule has 1 aromatic carbocycles. The summed E-state index contributed by atoms with van der Waals surface area (Å²) in [6.07, 6.45) is 2.15. The van der Waals surface area contributed by atoms with E-state index in [1.165, 1.54) is 0 Å². The van der Waals surface area contributed by atoms with E-state index in [1.54, 1.807) is 17.9 Å². The van der Waals surface area contributed by atoms with Crippen LogP contribution in [0.4, 0.5) is 5.95 Å². The molecule has 0 radical (unpaired) electrons. The lowest BCUT2D eigenvalue weighted by Gasteiger charge is -2.16. The number of tetrazole rings is 1. The number of ether oxygens (including phenoxy) is 2. The molecule has 0 aliphatic rings. The molecule has 0 spiro atoms. The number of anilines is 1. The first kappa shape index (κ1) is 18.3. The largest absolute Gasteiger partial charge is 0.493 e. The molecule has 1 heterocycles. The van der Waals surface area contributed by atoms with Crippen LogP contribution >= 0.6 is 11.6 Å². The van der Waals surface area contributed by atoms with Gasteiger partial charge in [-0.05, 0) is 42.3 Å². The normalized spacial score (nSPS) is 10.9. The lowest BCUT2D eigenvalue weighted by molar-refractivity contribution is 0.230. The smallest absolute Gasteiger partial charge is 0.243 e. The monoisotopic (exact) mass is 353 g/mol. The summed E-state index contributed by atoms with van der Waals surface area (Å²) in [5.74, 6) is 1.91. The van der Waals surface area contributed by atoms with Crippen molar-refractivity contribution < 1.29 is 9.47 Å². The van der Waals surface area contributed by atoms with Gasteiger partial charge in [-0.3, -0.25) is 0 Å². The van der Waals surface area contributed by atoms with Gasteiger partial charge in [0.1, 0.15) is 0 Å². The Bertz CT molecular complexity index is 660. The first-order valence-electron chi connectivity index (χ1n) is 8.08. The van der Waals surface area contributed by atoms with Crippen LogP contribution in [-0.2, 0) is 13.1 Å². The van der Waals surface area contributed by atoms with Crippen molar-refractivity contribution in [3.63, 3.8) is 0 Å². The van der Waals surface area contributed by atoms with Gasteiger partial charge in [0.25, 0.3) is 0 Å². The minimum absolute atomic E-state index is 0.0436. The van der Waals surface area contributed by atoms with Gasteiger partial charge in [0.15, 0.2) is 11.5 Å². The summed E-state index contributed by atoms with van der Waals surface area (Å²) < 4.78 is 12.9. The standard InChI is InChI=1S/C16H24ClN5O2/c1-5-6-7-22-16(19-20-21-22)18-10-12-8-14(23-4)15(9-13(12)17)24-11(2)3/h8-9,11H,5-7,10H2,1-4H3,(H,18,19,21). The zero-order valence-corrected chi connectivity index (χ0v) is 15.3. The van der Waals surface area contributed by atoms with E-state index in [0.717, 1.165) is 24.9 Å². The molecule has 0 amide bonds. The molecule has 0 unspecified atom stereocenters. The van der Waals surface area contributed by atoms with Crippen LogP contribution in [0, 0.1) is 0 Å². The molecular weight excluding hydrogens is 330 g/mol. The fourth-order valence-electron chi connectivity index (χ4n) is 2.18. The SMILES string of the molecule is CCCCn1nnnc1NCc1cc(OC)c(OC(C)C)cc1Cl. The number of hydrogen-bond donors (Lipinski definition) is 1. The maximum atomic E-state index is 6.37. The predicted molar refractivity (Wildman–Crippen MR) is 93.8 cm³/mol. The van der Waals surface area contributed by atoms with Crippen LogP contribution in [0.2, 0.25) is 5.02 Å². The van der Waals surface area contributed by atoms with Crippen molar-refractivity contribution in [2.24, 2.45) is 0 Å². The maximum absolute atomic E-state index is 6.37. The number of aromatic nitrogens is 4. The second kappa shape index (κ2) is 8.73. The third kappa shape index (κ3) is 4.74. The maximum Gasteiger partial charge on any atom is 0.243 e. The summed E-state index contributed by atoms with van der Waals surface area (Å²) in [4.78, 5) is 0. The zero-order chi connectivity index (χ0) is 17.5. The van der Waals surface area contributed by atoms with Gasteiger partial charge in [-0.25, -0.2) is 4.68 Å². The Morgan fingerprint density at radius 3 is 2.75 bits per heavy atom. The molecule has 0 saturated heterocycles. The molecule has 0 saturated carbocycles. The molecule has 2 aromatic rings. The highest BCUT2D eigenvalue weighted by atomic mass is 35.5. The van der Waals surface area contributed by atoms with Gasteiger partial charge in [0, 0.05) is 24.2 Å². The second-order valence-electron chi connectivity index (χ2n) is 5.69. The molecule has 2 rings (SSSR count). The first-order valence-corrected chi connectivity index (χ1v) is 8.46. The van der Waals surface area contributed by atoms with Crippen LogP contribution in [0.3, 0.4) is 0 Å². The Balaban J connectivity index is 2.11. The highest BCUT2D eigenvalue weighted by molar-refractivity contribution is 6.31. The van der Waals surface area contributed by atoms with Gasteiger partial charge in [0.2, 0.25) is 5.95 Å². The minimum Gasteiger partial charge on any atom is -0.493 e. The number of hydrogen-bond acceptors (Lipinski definition) is 6. The van der Waals surface area contributed by atoms with Crippen LogP contribution in [0.15, 0.2) is 12.1 Å². The number of rotatable bonds is 9. The quantitative estimate of drug-likeness (QED) is 0.743. The van der Waals surface area contributed by atoms with E-state index in [0.29, 0.717) is 29.0 Å². The lowest BCUT2D eigenvalue weighted by atomic mass is 10.2. The summed E-state index contributed by atoms with van der Waals surface area (Å²) in [7, 11) is 1.61. The fourth-order valence-corrected chi connectivity index (χ4v) is 2.40. The number of benzene rings is 1. The molecule has 0 atom stereocenters. The fraction of sp³-hybridized carbons (Fsp3) is 0.562. The van der Waals surface area contributed by atoms with Crippen LogP contribution < -0.4 is 14.8 Å². The van der Waals surface area contributed by atoms with Gasteiger partial charge in [-0.15, -0.1) is 0 Å². The number of aryl methyl sites for hydroxylation is 1. The van der Waals surface area contributed by atoms with Gasteiger partial charge in [0.05, 0.1) is 13.2 Å². The van der Waals surface area contributed by atoms with Crippen molar-refractivity contribution in [2.75, 3.05) is 12.4 Å². The minimum atomic E-state index is 0.0436. The van der Waals surface area contributed by atoms with Gasteiger partial charge in [-0.1, -0.05) is 30.0 Å². The predicted octanol–water partition coefficient (Wildman–Crippen LogP) is 3.53. The number of halogens is 1. The van der Waals surface area contributed by atoms with Crippen LogP contribution in [-0.4, -0.2) is 33.4 Å². The van der Waals surface area contributed by atoms with Crippen molar-refractivity contribution in [1.82, 2.24) is 20.2 Å². The Morgan fingerprint density at radius 2 is 2.08 bits per heavy atom. The van der Waals surface area contributed by atoms with E-state index < -0.39 is 0 Å². The number of nitrogens with one attached hydrogen (secondary N) is 1. The zero-order valence-electron chi connectivity index (χ0n) is 14.5. The van der Waals surface area contributed by atoms with Crippen molar-refractivity contribution >= 4 is 17.5 Å². The van der Waals surface area contributed by atoms with Crippen molar-refractivity contribution in [1.29, 1.82) is 0 Å². The molecule has 7 nitrogen and oxygen atoms in total. The van der Waals surface area contributed by atoms with E-state index in [2.05, 4.69) is 27.8 Å². The average molecular weight is 354 g/mol. The van der Waals surface area contributed by atoms with Crippen molar-refractivity contribution in [3.05, 3.63) is 22.7 Å². The Hall–Kier alpha value is -2.02. The molecule has 0 aliphatic heterocycles. The van der Waals surface area contributed by atoms with E-state index in [9.17, 15) is 0 Å². The summed E-state index contributed by atoms with van der Waals surface area (Å²) in [5, 5.41) is 15.5. The van der Waals surface area contributed by atoms with Crippen LogP contribution in [0.1, 0.15) is 39.2 Å². The molecule has 1 N–H and O–H groups in total. The molecule has 1 aromatic heterocycles. The second-order valence-corrected chi connectivity index (χ2v) is 6.10. The number of unbranched alkanes of at least 4 members (excludes halogenated alkanes) is 1. The Morgan fingerprint density at radius 1 is 1.29 bits per heavy atom. The molecule has 24 heavy (non-hydrogen) atoms. The molecule has 0 aliphatic carbocycles. The molecule has 8 heteroatoms. The number of methoxy groups -OCH3 is 1. The van der Waals surface area contributed by atoms with E-state index in [4.69, 9.17) is 21.1 Å². The van der Waals surface area contributed by atoms with Crippen LogP contribution in [0.5, 0.6) is 11.5 Å². The van der Waals surface area contributed by atoms with E-state index in [-0.39, 0.29) is 6.10 Å². The third-order valence-corrected chi connectivity index (χ3v) is 3.74. The van der Waals surface area contributed by atoms with Gasteiger partial charge in [-0.2, -0.15) is 0 Å². The third-order valence-electron chi connectivity index (χ3n) is 3.39. The average Bonchev–Trinajstić information content (AvgIpc) is 2.99. The first-order chi connectivity index (χ1) is 11.5. The van der Waals surface area contributed by atoms with Crippen LogP contribution in [0.25, 0.3) is 0 Å². The molecular formula is C16H24ClN5O2. The summed E-state index contributed by atoms with van der Waals surface area (Å²) in [5.41, 5.74) is 0.884. The highest BCUT2D eigenvalue weighted by Gasteiger charge is 2.13. The topological polar surface area (TPSA) is 74.1 Å². The summed E-state index contributed by atoms with van der Waals surface area (Å²) in [6, 6.07) is 3.64. The van der Waals surface area contributed by atoms with E-state index in [1.807, 2.05) is 19.9 Å². The Labute approximate surface area is 147 Å². The van der Waals surface area contributed by atoms with Gasteiger partial charge < -0.3 is 14.8 Å². The lowest BCUT2D eigenvalue weighted by Crippen LogP contribution is -2.10. The summed E-state index contributed by atoms with van der Waals surface area (Å²) in [6.45, 7) is 7.32. The Kier molecular flexibility index (Phi) is 6.66. The molecule has 0 bridgehead atoms. The van der Waals surface area contributed by atoms with Crippen molar-refractivity contribution in [3.8, 4) is 11.5 Å². The molecule has 0 fully saturated rings. The highest BCUT2D eigenvalue weighted by Crippen LogP contribution is 2.34. The van der Waals surface area contributed by atoms with Gasteiger partial charge >= 0.3 is 0 Å². The van der Waals surface area contributed by atoms with E-state index >= 15 is 0 Å². The number of nitrogens with zero attached hydrogens (tertiary/aromatic N) is 4. The summed E-state index contributed by atoms with van der Waals surface area (Å²) >= 11 is 6.37.